The monoisotopic (exact) mass is 135 g/mol. The van der Waals surface area contributed by atoms with Crippen LogP contribution in [0.5, 0.6) is 0 Å². The van der Waals surface area contributed by atoms with E-state index in [9.17, 15) is 4.79 Å². The van der Waals surface area contributed by atoms with Crippen LogP contribution in [0.1, 0.15) is 6.42 Å². The van der Waals surface area contributed by atoms with Crippen molar-refractivity contribution in [2.75, 3.05) is 5.75 Å². The van der Waals surface area contributed by atoms with Gasteiger partial charge in [0, 0.05) is 0 Å². The van der Waals surface area contributed by atoms with E-state index in [1.807, 2.05) is 0 Å². The average molecular weight is 135 g/mol. The minimum absolute atomic E-state index is 0.429. The van der Waals surface area contributed by atoms with Crippen molar-refractivity contribution in [3.8, 4) is 0 Å². The molecule has 0 rings (SSSR count). The normalized spacial score (nSPS) is 13.2. The highest BCUT2D eigenvalue weighted by Crippen LogP contribution is 1.88. The van der Waals surface area contributed by atoms with Crippen LogP contribution in [0.3, 0.4) is 0 Å². The molecule has 8 heavy (non-hydrogen) atoms. The quantitative estimate of drug-likeness (QED) is 0.466. The van der Waals surface area contributed by atoms with Crippen LogP contribution < -0.4 is 5.73 Å². The number of carboxylic acids is 1. The third-order valence-corrected chi connectivity index (χ3v) is 1.02. The molecule has 0 aliphatic carbocycles. The lowest BCUT2D eigenvalue weighted by Crippen LogP contribution is -2.30. The first-order chi connectivity index (χ1) is 3.68. The van der Waals surface area contributed by atoms with E-state index in [1.165, 1.54) is 0 Å². The van der Waals surface area contributed by atoms with Gasteiger partial charge < -0.3 is 10.8 Å². The van der Waals surface area contributed by atoms with Gasteiger partial charge in [0.15, 0.2) is 0 Å². The molecule has 3 N–H and O–H groups in total. The Morgan fingerprint density at radius 2 is 2.38 bits per heavy atom. The Hall–Kier alpha value is -0.220. The molecule has 0 aromatic carbocycles. The second-order valence-electron chi connectivity index (χ2n) is 1.46. The van der Waals surface area contributed by atoms with Crippen LogP contribution in [0, 0.1) is 0 Å². The first kappa shape index (κ1) is 7.78. The summed E-state index contributed by atoms with van der Waals surface area (Å²) in [6, 6.07) is -0.743. The lowest BCUT2D eigenvalue weighted by atomic mass is 10.2. The van der Waals surface area contributed by atoms with Gasteiger partial charge in [-0.1, -0.05) is 0 Å². The van der Waals surface area contributed by atoms with Crippen LogP contribution in [0.2, 0.25) is 0 Å². The molecular weight excluding hydrogens is 126 g/mol. The summed E-state index contributed by atoms with van der Waals surface area (Å²) in [6.07, 6.45) is 0.429. The van der Waals surface area contributed by atoms with Crippen LogP contribution in [-0.2, 0) is 4.79 Å². The number of carbonyl (C=O) groups is 1. The van der Waals surface area contributed by atoms with Crippen molar-refractivity contribution in [2.45, 2.75) is 12.5 Å². The van der Waals surface area contributed by atoms with Crippen LogP contribution in [0.4, 0.5) is 0 Å². The van der Waals surface area contributed by atoms with Crippen molar-refractivity contribution in [3.63, 3.8) is 0 Å². The molecular formula is C4H9NO2S. The minimum Gasteiger partial charge on any atom is -0.480 e. The molecule has 0 aliphatic heterocycles. The highest BCUT2D eigenvalue weighted by molar-refractivity contribution is 7.80. The van der Waals surface area contributed by atoms with Crippen LogP contribution >= 0.6 is 12.6 Å². The number of thiol groups is 1. The van der Waals surface area contributed by atoms with Gasteiger partial charge in [0.2, 0.25) is 0 Å². The van der Waals surface area contributed by atoms with E-state index in [4.69, 9.17) is 10.8 Å². The highest BCUT2D eigenvalue weighted by Gasteiger charge is 2.08. The average Bonchev–Trinajstić information content (AvgIpc) is 1.67. The Kier molecular flexibility index (Phi) is 3.64. The molecule has 0 fully saturated rings. The Balaban J connectivity index is 3.32. The molecule has 0 heterocycles. The van der Waals surface area contributed by atoms with Gasteiger partial charge in [0.05, 0.1) is 0 Å². The number of carboxylic acid groups (broad SMARTS) is 1. The number of hydrogen-bond acceptors (Lipinski definition) is 3. The fourth-order valence-electron chi connectivity index (χ4n) is 0.263. The smallest absolute Gasteiger partial charge is 0.320 e. The summed E-state index contributed by atoms with van der Waals surface area (Å²) in [4.78, 5) is 9.93. The SMILES string of the molecule is N[C@H](CCS)C(=O)O. The third kappa shape index (κ3) is 2.87. The number of nitrogens with two attached hydrogens (primary N) is 1. The molecule has 0 amide bonds. The predicted molar refractivity (Wildman–Crippen MR) is 34.1 cm³/mol. The van der Waals surface area contributed by atoms with Gasteiger partial charge in [-0.15, -0.1) is 0 Å². The Morgan fingerprint density at radius 3 is 2.50 bits per heavy atom. The van der Waals surface area contributed by atoms with Crippen molar-refractivity contribution in [3.05, 3.63) is 0 Å². The molecule has 0 saturated heterocycles. The molecule has 0 aliphatic rings. The summed E-state index contributed by atoms with van der Waals surface area (Å²) in [6.45, 7) is 0. The maximum absolute atomic E-state index is 9.93. The predicted octanol–water partition coefficient (Wildman–Crippen LogP) is -0.282. The fourth-order valence-corrected chi connectivity index (χ4v) is 0.541. The topological polar surface area (TPSA) is 63.3 Å². The lowest BCUT2D eigenvalue weighted by molar-refractivity contribution is -0.138. The summed E-state index contributed by atoms with van der Waals surface area (Å²) in [5, 5.41) is 8.15. The molecule has 0 aromatic heterocycles. The molecule has 0 aromatic rings. The summed E-state index contributed by atoms with van der Waals surface area (Å²) < 4.78 is 0. The van der Waals surface area contributed by atoms with Crippen molar-refractivity contribution in [1.82, 2.24) is 0 Å². The second kappa shape index (κ2) is 3.74. The summed E-state index contributed by atoms with van der Waals surface area (Å²) in [5.74, 6) is -0.438. The molecule has 0 radical (unpaired) electrons. The molecule has 4 heteroatoms. The van der Waals surface area contributed by atoms with Crippen molar-refractivity contribution in [2.24, 2.45) is 5.73 Å². The van der Waals surface area contributed by atoms with E-state index < -0.39 is 12.0 Å². The van der Waals surface area contributed by atoms with E-state index in [1.54, 1.807) is 0 Å². The molecule has 0 unspecified atom stereocenters. The van der Waals surface area contributed by atoms with Gasteiger partial charge in [-0.25, -0.2) is 0 Å². The number of aliphatic carboxylic acids is 1. The third-order valence-electron chi connectivity index (χ3n) is 0.757. The molecule has 0 spiro atoms. The van der Waals surface area contributed by atoms with Crippen LogP contribution in [-0.4, -0.2) is 22.9 Å². The van der Waals surface area contributed by atoms with Crippen molar-refractivity contribution >= 4 is 18.6 Å². The van der Waals surface area contributed by atoms with Gasteiger partial charge in [0.25, 0.3) is 0 Å². The fraction of sp³-hybridized carbons (Fsp3) is 0.750. The largest absolute Gasteiger partial charge is 0.480 e. The number of rotatable bonds is 3. The Bertz CT molecular complexity index is 86.1. The Morgan fingerprint density at radius 1 is 1.88 bits per heavy atom. The number of hydrogen-bond donors (Lipinski definition) is 3. The van der Waals surface area contributed by atoms with E-state index >= 15 is 0 Å². The van der Waals surface area contributed by atoms with Crippen molar-refractivity contribution < 1.29 is 9.90 Å². The Labute approximate surface area is 53.3 Å². The highest BCUT2D eigenvalue weighted by atomic mass is 32.1. The van der Waals surface area contributed by atoms with Gasteiger partial charge in [0.1, 0.15) is 6.04 Å². The van der Waals surface area contributed by atoms with Gasteiger partial charge in [-0.2, -0.15) is 12.6 Å². The second-order valence-corrected chi connectivity index (χ2v) is 1.90. The maximum atomic E-state index is 9.93. The molecule has 0 bridgehead atoms. The van der Waals surface area contributed by atoms with Gasteiger partial charge >= 0.3 is 5.97 Å². The van der Waals surface area contributed by atoms with Crippen LogP contribution in [0.25, 0.3) is 0 Å². The first-order valence-corrected chi connectivity index (χ1v) is 2.91. The zero-order chi connectivity index (χ0) is 6.57. The molecule has 1 atom stereocenters. The first-order valence-electron chi connectivity index (χ1n) is 2.27. The standard InChI is InChI=1S/C4H9NO2S/c5-3(1-2-8)4(6)7/h3,8H,1-2,5H2,(H,6,7)/t3-/m1/s1. The van der Waals surface area contributed by atoms with E-state index in [-0.39, 0.29) is 0 Å². The van der Waals surface area contributed by atoms with Crippen LogP contribution in [0.15, 0.2) is 0 Å². The summed E-state index contributed by atoms with van der Waals surface area (Å²) >= 11 is 3.81. The zero-order valence-corrected chi connectivity index (χ0v) is 5.27. The van der Waals surface area contributed by atoms with E-state index in [2.05, 4.69) is 12.6 Å². The maximum Gasteiger partial charge on any atom is 0.320 e. The molecule has 3 nitrogen and oxygen atoms in total. The minimum atomic E-state index is -0.959. The van der Waals surface area contributed by atoms with Gasteiger partial charge in [-0.3, -0.25) is 4.79 Å². The molecule has 0 saturated carbocycles. The summed E-state index contributed by atoms with van der Waals surface area (Å²) in [5.41, 5.74) is 5.08. The molecule has 48 valence electrons. The lowest BCUT2D eigenvalue weighted by Gasteiger charge is -2.00. The summed E-state index contributed by atoms with van der Waals surface area (Å²) in [7, 11) is 0. The van der Waals surface area contributed by atoms with Gasteiger partial charge in [-0.05, 0) is 12.2 Å². The zero-order valence-electron chi connectivity index (χ0n) is 4.37. The van der Waals surface area contributed by atoms with E-state index in [0.29, 0.717) is 12.2 Å². The van der Waals surface area contributed by atoms with Crippen molar-refractivity contribution in [1.29, 1.82) is 0 Å². The van der Waals surface area contributed by atoms with E-state index in [0.717, 1.165) is 0 Å².